The minimum absolute atomic E-state index is 0.0283. The Morgan fingerprint density at radius 2 is 2.28 bits per heavy atom. The average molecular weight is 251 g/mol. The first-order chi connectivity index (χ1) is 8.58. The second kappa shape index (κ2) is 4.99. The molecule has 1 saturated carbocycles. The SMILES string of the molecule is O=C(O)c1ccc([N+](=O)[O-])c(NCCC2CC2)n1. The molecule has 0 atom stereocenters. The number of nitrogens with zero attached hydrogens (tertiary/aromatic N) is 2. The van der Waals surface area contributed by atoms with E-state index < -0.39 is 10.9 Å². The average Bonchev–Trinajstić information content (AvgIpc) is 3.12. The van der Waals surface area contributed by atoms with Gasteiger partial charge in [-0.05, 0) is 18.4 Å². The summed E-state index contributed by atoms with van der Waals surface area (Å²) in [6.07, 6.45) is 3.33. The van der Waals surface area contributed by atoms with Gasteiger partial charge in [0.2, 0.25) is 5.82 Å². The summed E-state index contributed by atoms with van der Waals surface area (Å²) >= 11 is 0. The number of aromatic nitrogens is 1. The molecule has 96 valence electrons. The van der Waals surface area contributed by atoms with Gasteiger partial charge in [-0.2, -0.15) is 0 Å². The monoisotopic (exact) mass is 251 g/mol. The maximum atomic E-state index is 10.8. The molecule has 0 aromatic carbocycles. The van der Waals surface area contributed by atoms with Crippen LogP contribution in [-0.4, -0.2) is 27.5 Å². The highest BCUT2D eigenvalue weighted by Gasteiger charge is 2.22. The van der Waals surface area contributed by atoms with E-state index in [1.54, 1.807) is 0 Å². The molecule has 1 aromatic rings. The number of rotatable bonds is 6. The molecule has 1 fully saturated rings. The summed E-state index contributed by atoms with van der Waals surface area (Å²) in [6, 6.07) is 2.29. The number of hydrogen-bond acceptors (Lipinski definition) is 5. The molecule has 18 heavy (non-hydrogen) atoms. The number of carboxylic acid groups (broad SMARTS) is 1. The molecule has 0 spiro atoms. The van der Waals surface area contributed by atoms with Gasteiger partial charge in [0.1, 0.15) is 0 Å². The van der Waals surface area contributed by atoms with E-state index in [0.717, 1.165) is 18.6 Å². The summed E-state index contributed by atoms with van der Waals surface area (Å²) in [4.78, 5) is 24.7. The highest BCUT2D eigenvalue weighted by molar-refractivity contribution is 5.86. The highest BCUT2D eigenvalue weighted by Crippen LogP contribution is 2.32. The Labute approximate surface area is 103 Å². The van der Waals surface area contributed by atoms with Crippen molar-refractivity contribution in [3.8, 4) is 0 Å². The third kappa shape index (κ3) is 2.93. The fraction of sp³-hybridized carbons (Fsp3) is 0.455. The second-order valence-corrected chi connectivity index (χ2v) is 4.29. The van der Waals surface area contributed by atoms with Gasteiger partial charge in [0.05, 0.1) is 4.92 Å². The maximum absolute atomic E-state index is 10.8. The lowest BCUT2D eigenvalue weighted by molar-refractivity contribution is -0.384. The fourth-order valence-corrected chi connectivity index (χ4v) is 1.65. The molecule has 0 radical (unpaired) electrons. The van der Waals surface area contributed by atoms with Crippen LogP contribution in [0, 0.1) is 16.0 Å². The van der Waals surface area contributed by atoms with Gasteiger partial charge in [-0.1, -0.05) is 12.8 Å². The van der Waals surface area contributed by atoms with Crippen LogP contribution in [0.1, 0.15) is 29.8 Å². The summed E-state index contributed by atoms with van der Waals surface area (Å²) in [5, 5.41) is 22.4. The van der Waals surface area contributed by atoms with Crippen LogP contribution in [0.15, 0.2) is 12.1 Å². The quantitative estimate of drug-likeness (QED) is 0.590. The van der Waals surface area contributed by atoms with Crippen LogP contribution in [0.4, 0.5) is 11.5 Å². The zero-order valence-electron chi connectivity index (χ0n) is 9.63. The summed E-state index contributed by atoms with van der Waals surface area (Å²) in [6.45, 7) is 0.571. The van der Waals surface area contributed by atoms with Crippen molar-refractivity contribution < 1.29 is 14.8 Å². The molecule has 1 aromatic heterocycles. The van der Waals surface area contributed by atoms with E-state index in [9.17, 15) is 14.9 Å². The van der Waals surface area contributed by atoms with Gasteiger partial charge >= 0.3 is 11.7 Å². The van der Waals surface area contributed by atoms with Gasteiger partial charge in [-0.25, -0.2) is 9.78 Å². The van der Waals surface area contributed by atoms with Crippen molar-refractivity contribution >= 4 is 17.5 Å². The second-order valence-electron chi connectivity index (χ2n) is 4.29. The van der Waals surface area contributed by atoms with E-state index in [2.05, 4.69) is 10.3 Å². The van der Waals surface area contributed by atoms with Crippen LogP contribution in [0.25, 0.3) is 0 Å². The normalized spacial score (nSPS) is 14.2. The summed E-state index contributed by atoms with van der Waals surface area (Å²) in [5.74, 6) is -0.477. The molecule has 7 heteroatoms. The number of anilines is 1. The van der Waals surface area contributed by atoms with Gasteiger partial charge in [-0.15, -0.1) is 0 Å². The smallest absolute Gasteiger partial charge is 0.354 e. The Bertz CT molecular complexity index is 485. The maximum Gasteiger partial charge on any atom is 0.354 e. The van der Waals surface area contributed by atoms with Crippen molar-refractivity contribution in [2.45, 2.75) is 19.3 Å². The molecular formula is C11H13N3O4. The fourth-order valence-electron chi connectivity index (χ4n) is 1.65. The first-order valence-corrected chi connectivity index (χ1v) is 5.70. The number of hydrogen-bond donors (Lipinski definition) is 2. The zero-order chi connectivity index (χ0) is 13.1. The van der Waals surface area contributed by atoms with E-state index in [0.29, 0.717) is 12.5 Å². The minimum atomic E-state index is -1.20. The van der Waals surface area contributed by atoms with Crippen LogP contribution in [0.3, 0.4) is 0 Å². The number of pyridine rings is 1. The lowest BCUT2D eigenvalue weighted by Crippen LogP contribution is -2.10. The van der Waals surface area contributed by atoms with Crippen molar-refractivity contribution in [1.29, 1.82) is 0 Å². The molecule has 0 unspecified atom stereocenters. The molecule has 0 saturated heterocycles. The standard InChI is InChI=1S/C11H13N3O4/c15-11(16)8-3-4-9(14(17)18)10(13-8)12-6-5-7-1-2-7/h3-4,7H,1-2,5-6H2,(H,12,13)(H,15,16). The van der Waals surface area contributed by atoms with Crippen molar-refractivity contribution in [3.63, 3.8) is 0 Å². The number of aromatic carboxylic acids is 1. The lowest BCUT2D eigenvalue weighted by atomic mass is 10.3. The zero-order valence-corrected chi connectivity index (χ0v) is 9.63. The summed E-state index contributed by atoms with van der Waals surface area (Å²) in [7, 11) is 0. The lowest BCUT2D eigenvalue weighted by Gasteiger charge is -2.06. The topological polar surface area (TPSA) is 105 Å². The minimum Gasteiger partial charge on any atom is -0.477 e. The molecule has 0 bridgehead atoms. The largest absolute Gasteiger partial charge is 0.477 e. The highest BCUT2D eigenvalue weighted by atomic mass is 16.6. The Hall–Kier alpha value is -2.18. The van der Waals surface area contributed by atoms with Crippen LogP contribution in [-0.2, 0) is 0 Å². The molecular weight excluding hydrogens is 238 g/mol. The molecule has 2 rings (SSSR count). The molecule has 1 aliphatic rings. The first-order valence-electron chi connectivity index (χ1n) is 5.70. The Morgan fingerprint density at radius 1 is 1.56 bits per heavy atom. The van der Waals surface area contributed by atoms with Gasteiger partial charge in [0.25, 0.3) is 0 Å². The number of carbonyl (C=O) groups is 1. The number of nitrogens with one attached hydrogen (secondary N) is 1. The van der Waals surface area contributed by atoms with E-state index >= 15 is 0 Å². The molecule has 1 heterocycles. The summed E-state index contributed by atoms with van der Waals surface area (Å²) in [5.41, 5.74) is -0.398. The predicted molar refractivity (Wildman–Crippen MR) is 63.7 cm³/mol. The van der Waals surface area contributed by atoms with Crippen molar-refractivity contribution in [2.75, 3.05) is 11.9 Å². The van der Waals surface area contributed by atoms with E-state index in [4.69, 9.17) is 5.11 Å². The molecule has 2 N–H and O–H groups in total. The predicted octanol–water partition coefficient (Wildman–Crippen LogP) is 1.90. The van der Waals surface area contributed by atoms with Crippen LogP contribution in [0.5, 0.6) is 0 Å². The van der Waals surface area contributed by atoms with Gasteiger partial charge in [0, 0.05) is 12.6 Å². The number of carboxylic acids is 1. The third-order valence-corrected chi connectivity index (χ3v) is 2.83. The molecule has 0 aliphatic heterocycles. The van der Waals surface area contributed by atoms with Crippen LogP contribution < -0.4 is 5.32 Å². The summed E-state index contributed by atoms with van der Waals surface area (Å²) < 4.78 is 0. The van der Waals surface area contributed by atoms with Gasteiger partial charge in [-0.3, -0.25) is 10.1 Å². The Morgan fingerprint density at radius 3 is 2.83 bits per heavy atom. The number of nitro groups is 1. The Kier molecular flexibility index (Phi) is 3.40. The van der Waals surface area contributed by atoms with E-state index in [-0.39, 0.29) is 17.2 Å². The van der Waals surface area contributed by atoms with Crippen molar-refractivity contribution in [3.05, 3.63) is 27.9 Å². The van der Waals surface area contributed by atoms with Crippen LogP contribution in [0.2, 0.25) is 0 Å². The van der Waals surface area contributed by atoms with Gasteiger partial charge < -0.3 is 10.4 Å². The van der Waals surface area contributed by atoms with E-state index in [1.165, 1.54) is 12.8 Å². The van der Waals surface area contributed by atoms with Crippen molar-refractivity contribution in [2.24, 2.45) is 5.92 Å². The molecule has 0 amide bonds. The first kappa shape index (κ1) is 12.3. The molecule has 1 aliphatic carbocycles. The van der Waals surface area contributed by atoms with E-state index in [1.807, 2.05) is 0 Å². The van der Waals surface area contributed by atoms with Crippen LogP contribution >= 0.6 is 0 Å². The molecule has 7 nitrogen and oxygen atoms in total. The third-order valence-electron chi connectivity index (χ3n) is 2.83. The van der Waals surface area contributed by atoms with Crippen molar-refractivity contribution in [1.82, 2.24) is 4.98 Å². The Balaban J connectivity index is 2.13. The van der Waals surface area contributed by atoms with Gasteiger partial charge in [0.15, 0.2) is 5.69 Å².